The number of methoxy groups -OCH3 is 3. The summed E-state index contributed by atoms with van der Waals surface area (Å²) in [5.41, 5.74) is 2.09. The van der Waals surface area contributed by atoms with E-state index in [-0.39, 0.29) is 24.0 Å². The third kappa shape index (κ3) is 8.38. The number of ether oxygens (including phenoxy) is 5. The molecular weight excluding hydrogens is 537 g/mol. The Hall–Kier alpha value is -2.56. The molecule has 2 aromatic carbocycles. The summed E-state index contributed by atoms with van der Waals surface area (Å²) in [7, 11) is 6.58. The lowest BCUT2D eigenvalue weighted by Gasteiger charge is -2.16. The molecule has 0 radical (unpaired) electrons. The summed E-state index contributed by atoms with van der Waals surface area (Å²) >= 11 is 0. The molecule has 0 spiro atoms. The van der Waals surface area contributed by atoms with E-state index in [1.807, 2.05) is 38.1 Å². The van der Waals surface area contributed by atoms with E-state index < -0.39 is 0 Å². The van der Waals surface area contributed by atoms with Crippen molar-refractivity contribution in [1.29, 1.82) is 0 Å². The molecule has 0 fully saturated rings. The minimum absolute atomic E-state index is 0. The summed E-state index contributed by atoms with van der Waals surface area (Å²) in [6.45, 7) is 6.35. The second kappa shape index (κ2) is 15.3. The van der Waals surface area contributed by atoms with Crippen LogP contribution in [0.1, 0.15) is 25.0 Å². The van der Waals surface area contributed by atoms with Crippen molar-refractivity contribution in [1.82, 2.24) is 10.6 Å². The number of nitrogens with zero attached hydrogens (tertiary/aromatic N) is 1. The first-order chi connectivity index (χ1) is 15.6. The zero-order valence-electron chi connectivity index (χ0n) is 20.3. The molecule has 0 atom stereocenters. The molecule has 184 valence electrons. The van der Waals surface area contributed by atoms with E-state index in [0.717, 1.165) is 29.0 Å². The number of nitrogens with one attached hydrogen (secondary N) is 2. The van der Waals surface area contributed by atoms with Crippen LogP contribution < -0.4 is 34.3 Å². The normalized spacial score (nSPS) is 10.7. The molecule has 0 aliphatic carbocycles. The number of hydrogen-bond donors (Lipinski definition) is 2. The van der Waals surface area contributed by atoms with Crippen LogP contribution in [0.3, 0.4) is 0 Å². The van der Waals surface area contributed by atoms with Crippen LogP contribution in [-0.2, 0) is 13.0 Å². The van der Waals surface area contributed by atoms with Crippen molar-refractivity contribution < 1.29 is 23.7 Å². The van der Waals surface area contributed by atoms with Gasteiger partial charge in [-0.1, -0.05) is 6.07 Å². The number of hydrogen-bond acceptors (Lipinski definition) is 6. The van der Waals surface area contributed by atoms with Crippen molar-refractivity contribution in [3.05, 3.63) is 41.5 Å². The summed E-state index contributed by atoms with van der Waals surface area (Å²) in [5, 5.41) is 6.65. The van der Waals surface area contributed by atoms with Gasteiger partial charge in [0.25, 0.3) is 0 Å². The first-order valence-corrected chi connectivity index (χ1v) is 10.7. The van der Waals surface area contributed by atoms with Gasteiger partial charge < -0.3 is 34.3 Å². The standard InChI is InChI=1S/C24H35N3O5.HI/c1-7-31-19-10-9-17(13-23(19)32-8-2)11-12-26-24(25-3)27-16-18-14-21(29-5)22(30-6)15-20(18)28-4;/h9-10,13-15H,7-8,11-12,16H2,1-6H3,(H2,25,26,27);1H. The van der Waals surface area contributed by atoms with Gasteiger partial charge >= 0.3 is 0 Å². The van der Waals surface area contributed by atoms with Crippen LogP contribution in [0.15, 0.2) is 35.3 Å². The maximum atomic E-state index is 5.71. The molecule has 0 bridgehead atoms. The van der Waals surface area contributed by atoms with Crippen LogP contribution in [0.4, 0.5) is 0 Å². The molecule has 33 heavy (non-hydrogen) atoms. The Kier molecular flexibility index (Phi) is 13.2. The number of aliphatic imine (C=N–C) groups is 1. The molecule has 2 rings (SSSR count). The van der Waals surface area contributed by atoms with Gasteiger partial charge in [-0.05, 0) is 44.0 Å². The van der Waals surface area contributed by atoms with Crippen LogP contribution in [0.5, 0.6) is 28.7 Å². The maximum Gasteiger partial charge on any atom is 0.191 e. The smallest absolute Gasteiger partial charge is 0.191 e. The van der Waals surface area contributed by atoms with E-state index in [2.05, 4.69) is 21.7 Å². The lowest BCUT2D eigenvalue weighted by molar-refractivity contribution is 0.287. The van der Waals surface area contributed by atoms with E-state index in [4.69, 9.17) is 23.7 Å². The second-order valence-electron chi connectivity index (χ2n) is 6.77. The lowest BCUT2D eigenvalue weighted by Crippen LogP contribution is -2.37. The first-order valence-electron chi connectivity index (χ1n) is 10.7. The van der Waals surface area contributed by atoms with Crippen LogP contribution in [0, 0.1) is 0 Å². The van der Waals surface area contributed by atoms with Gasteiger partial charge in [-0.15, -0.1) is 24.0 Å². The van der Waals surface area contributed by atoms with Crippen LogP contribution in [0.25, 0.3) is 0 Å². The van der Waals surface area contributed by atoms with Gasteiger partial charge in [-0.25, -0.2) is 0 Å². The molecule has 8 nitrogen and oxygen atoms in total. The predicted molar refractivity (Wildman–Crippen MR) is 142 cm³/mol. The van der Waals surface area contributed by atoms with Gasteiger partial charge in [-0.3, -0.25) is 4.99 Å². The molecule has 0 unspecified atom stereocenters. The van der Waals surface area contributed by atoms with Gasteiger partial charge in [0.15, 0.2) is 29.0 Å². The number of rotatable bonds is 12. The topological polar surface area (TPSA) is 82.6 Å². The summed E-state index contributed by atoms with van der Waals surface area (Å²) in [5.74, 6) is 4.22. The summed E-state index contributed by atoms with van der Waals surface area (Å²) < 4.78 is 27.6. The molecule has 0 saturated carbocycles. The van der Waals surface area contributed by atoms with Gasteiger partial charge in [-0.2, -0.15) is 0 Å². The highest BCUT2D eigenvalue weighted by Gasteiger charge is 2.12. The molecule has 2 N–H and O–H groups in total. The Bertz CT molecular complexity index is 893. The third-order valence-electron chi connectivity index (χ3n) is 4.77. The average Bonchev–Trinajstić information content (AvgIpc) is 2.82. The predicted octanol–water partition coefficient (Wildman–Crippen LogP) is 4.04. The molecule has 0 heterocycles. The Morgan fingerprint density at radius 3 is 2.03 bits per heavy atom. The molecule has 9 heteroatoms. The molecule has 0 amide bonds. The first kappa shape index (κ1) is 28.5. The molecule has 0 saturated heterocycles. The average molecular weight is 573 g/mol. The fourth-order valence-electron chi connectivity index (χ4n) is 3.21. The lowest BCUT2D eigenvalue weighted by atomic mass is 10.1. The van der Waals surface area contributed by atoms with Crippen molar-refractivity contribution in [3.8, 4) is 28.7 Å². The Labute approximate surface area is 214 Å². The van der Waals surface area contributed by atoms with Gasteiger partial charge in [0.05, 0.1) is 34.5 Å². The fourth-order valence-corrected chi connectivity index (χ4v) is 3.21. The Morgan fingerprint density at radius 2 is 1.42 bits per heavy atom. The Balaban J connectivity index is 0.00000544. The van der Waals surface area contributed by atoms with Crippen LogP contribution in [-0.4, -0.2) is 54.1 Å². The van der Waals surface area contributed by atoms with Crippen molar-refractivity contribution in [2.24, 2.45) is 4.99 Å². The van der Waals surface area contributed by atoms with Crippen LogP contribution >= 0.6 is 24.0 Å². The second-order valence-corrected chi connectivity index (χ2v) is 6.77. The monoisotopic (exact) mass is 573 g/mol. The molecular formula is C24H36IN3O5. The van der Waals surface area contributed by atoms with E-state index in [1.165, 1.54) is 0 Å². The third-order valence-corrected chi connectivity index (χ3v) is 4.77. The van der Waals surface area contributed by atoms with Gasteiger partial charge in [0, 0.05) is 31.8 Å². The highest BCUT2D eigenvalue weighted by atomic mass is 127. The zero-order chi connectivity index (χ0) is 23.3. The summed E-state index contributed by atoms with van der Waals surface area (Å²) in [6.07, 6.45) is 0.812. The van der Waals surface area contributed by atoms with Crippen molar-refractivity contribution >= 4 is 29.9 Å². The minimum atomic E-state index is 0. The maximum absolute atomic E-state index is 5.71. The van der Waals surface area contributed by atoms with E-state index in [0.29, 0.717) is 49.5 Å². The number of benzene rings is 2. The fraction of sp³-hybridized carbons (Fsp3) is 0.458. The van der Waals surface area contributed by atoms with Crippen molar-refractivity contribution in [3.63, 3.8) is 0 Å². The van der Waals surface area contributed by atoms with Gasteiger partial charge in [0.1, 0.15) is 5.75 Å². The molecule has 0 aromatic heterocycles. The summed E-state index contributed by atoms with van der Waals surface area (Å²) in [6, 6.07) is 9.75. The Morgan fingerprint density at radius 1 is 0.788 bits per heavy atom. The summed E-state index contributed by atoms with van der Waals surface area (Å²) in [4.78, 5) is 4.30. The van der Waals surface area contributed by atoms with Crippen LogP contribution in [0.2, 0.25) is 0 Å². The molecule has 0 aliphatic heterocycles. The number of halogens is 1. The highest BCUT2D eigenvalue weighted by molar-refractivity contribution is 14.0. The highest BCUT2D eigenvalue weighted by Crippen LogP contribution is 2.34. The van der Waals surface area contributed by atoms with E-state index >= 15 is 0 Å². The van der Waals surface area contributed by atoms with E-state index in [1.54, 1.807) is 28.4 Å². The zero-order valence-corrected chi connectivity index (χ0v) is 22.6. The minimum Gasteiger partial charge on any atom is -0.496 e. The molecule has 2 aromatic rings. The largest absolute Gasteiger partial charge is 0.496 e. The van der Waals surface area contributed by atoms with Crippen molar-refractivity contribution in [2.45, 2.75) is 26.8 Å². The number of guanidine groups is 1. The van der Waals surface area contributed by atoms with E-state index in [9.17, 15) is 0 Å². The quantitative estimate of drug-likeness (QED) is 0.226. The SMILES string of the molecule is CCOc1ccc(CCNC(=NC)NCc2cc(OC)c(OC)cc2OC)cc1OCC.I. The van der Waals surface area contributed by atoms with Gasteiger partial charge in [0.2, 0.25) is 0 Å². The molecule has 0 aliphatic rings. The van der Waals surface area contributed by atoms with Crippen molar-refractivity contribution in [2.75, 3.05) is 48.1 Å².